The van der Waals surface area contributed by atoms with Crippen LogP contribution < -0.4 is 5.32 Å². The number of β-amino-alcohol motifs (C(OH)–C–C–N with tert-alkyl or cyclic N) is 1. The van der Waals surface area contributed by atoms with Crippen LogP contribution in [0.3, 0.4) is 0 Å². The van der Waals surface area contributed by atoms with Crippen molar-refractivity contribution in [3.63, 3.8) is 0 Å². The van der Waals surface area contributed by atoms with Gasteiger partial charge in [0.2, 0.25) is 0 Å². The summed E-state index contributed by atoms with van der Waals surface area (Å²) < 4.78 is 4.76. The average molecular weight is 196 g/mol. The van der Waals surface area contributed by atoms with E-state index in [1.807, 2.05) is 0 Å². The van der Waals surface area contributed by atoms with Crippen molar-refractivity contribution in [2.45, 2.75) is 13.0 Å². The number of hydrogen-bond acceptors (Lipinski definition) is 4. The molecule has 1 aliphatic heterocycles. The summed E-state index contributed by atoms with van der Waals surface area (Å²) in [5, 5.41) is 12.1. The molecule has 0 aliphatic carbocycles. The van der Waals surface area contributed by atoms with Crippen LogP contribution in [0.1, 0.15) is 6.92 Å². The van der Waals surface area contributed by atoms with Crippen molar-refractivity contribution >= 4 is 18.4 Å². The van der Waals surface area contributed by atoms with E-state index < -0.39 is 6.10 Å². The highest BCUT2D eigenvalue weighted by atomic mass is 35.5. The van der Waals surface area contributed by atoms with Crippen LogP contribution in [0.4, 0.5) is 0 Å². The standard InChI is InChI=1S/C7H13NO3.ClH/c1-2-11-7(10)5-3-8-4-6(5)9;/h5-6,8-9H,2-4H2,1H3;1H/t5-,6-;/m1./s1. The van der Waals surface area contributed by atoms with Crippen LogP contribution in [0.5, 0.6) is 0 Å². The zero-order chi connectivity index (χ0) is 8.27. The number of aliphatic hydroxyl groups excluding tert-OH is 1. The van der Waals surface area contributed by atoms with Crippen molar-refractivity contribution < 1.29 is 14.6 Å². The van der Waals surface area contributed by atoms with Crippen LogP contribution in [0, 0.1) is 5.92 Å². The van der Waals surface area contributed by atoms with Gasteiger partial charge < -0.3 is 15.2 Å². The van der Waals surface area contributed by atoms with Gasteiger partial charge in [0.25, 0.3) is 0 Å². The summed E-state index contributed by atoms with van der Waals surface area (Å²) in [6.07, 6.45) is -0.575. The molecule has 0 unspecified atom stereocenters. The van der Waals surface area contributed by atoms with Gasteiger partial charge in [-0.2, -0.15) is 0 Å². The van der Waals surface area contributed by atoms with Crippen LogP contribution >= 0.6 is 12.4 Å². The van der Waals surface area contributed by atoms with E-state index >= 15 is 0 Å². The van der Waals surface area contributed by atoms with Crippen molar-refractivity contribution in [1.29, 1.82) is 0 Å². The molecule has 2 atom stereocenters. The third-order valence-corrected chi connectivity index (χ3v) is 1.77. The number of carbonyl (C=O) groups is 1. The quantitative estimate of drug-likeness (QED) is 0.587. The molecule has 0 aromatic carbocycles. The first-order chi connectivity index (χ1) is 5.25. The predicted octanol–water partition coefficient (Wildman–Crippen LogP) is -0.448. The Kier molecular flexibility index (Phi) is 5.20. The number of carbonyl (C=O) groups excluding carboxylic acids is 1. The Morgan fingerprint density at radius 3 is 2.75 bits per heavy atom. The second-order valence-corrected chi connectivity index (χ2v) is 2.58. The molecule has 12 heavy (non-hydrogen) atoms. The molecule has 0 aromatic heterocycles. The first-order valence-corrected chi connectivity index (χ1v) is 3.81. The lowest BCUT2D eigenvalue weighted by Gasteiger charge is -2.10. The number of esters is 1. The number of aliphatic hydroxyl groups is 1. The summed E-state index contributed by atoms with van der Waals surface area (Å²) in [6.45, 7) is 3.15. The summed E-state index contributed by atoms with van der Waals surface area (Å²) in [4.78, 5) is 11.0. The highest BCUT2D eigenvalue weighted by Gasteiger charge is 2.32. The number of nitrogens with one attached hydrogen (secondary N) is 1. The number of rotatable bonds is 2. The SMILES string of the molecule is CCOC(=O)[C@@H]1CNC[C@H]1O.Cl. The van der Waals surface area contributed by atoms with Crippen molar-refractivity contribution in [3.8, 4) is 0 Å². The van der Waals surface area contributed by atoms with Gasteiger partial charge in [-0.1, -0.05) is 0 Å². The minimum Gasteiger partial charge on any atom is -0.466 e. The Bertz CT molecular complexity index is 154. The molecule has 1 rings (SSSR count). The molecule has 1 saturated heterocycles. The van der Waals surface area contributed by atoms with Gasteiger partial charge in [-0.3, -0.25) is 4.79 Å². The first-order valence-electron chi connectivity index (χ1n) is 3.81. The summed E-state index contributed by atoms with van der Waals surface area (Å²) in [5.74, 6) is -0.667. The van der Waals surface area contributed by atoms with Crippen molar-refractivity contribution in [1.82, 2.24) is 5.32 Å². The predicted molar refractivity (Wildman–Crippen MR) is 46.2 cm³/mol. The molecule has 1 fully saturated rings. The summed E-state index contributed by atoms with van der Waals surface area (Å²) in [7, 11) is 0. The molecule has 5 heteroatoms. The molecule has 0 aromatic rings. The average Bonchev–Trinajstić information content (AvgIpc) is 2.36. The van der Waals surface area contributed by atoms with E-state index in [0.29, 0.717) is 19.7 Å². The zero-order valence-electron chi connectivity index (χ0n) is 6.95. The highest BCUT2D eigenvalue weighted by molar-refractivity contribution is 5.85. The third-order valence-electron chi connectivity index (χ3n) is 1.77. The fourth-order valence-electron chi connectivity index (χ4n) is 1.15. The molecule has 0 radical (unpaired) electrons. The fraction of sp³-hybridized carbons (Fsp3) is 0.857. The van der Waals surface area contributed by atoms with Gasteiger partial charge in [0.15, 0.2) is 0 Å². The number of hydrogen-bond donors (Lipinski definition) is 2. The zero-order valence-corrected chi connectivity index (χ0v) is 7.76. The maximum atomic E-state index is 11.0. The second-order valence-electron chi connectivity index (χ2n) is 2.58. The van der Waals surface area contributed by atoms with Crippen molar-refractivity contribution in [2.24, 2.45) is 5.92 Å². The van der Waals surface area contributed by atoms with E-state index in [-0.39, 0.29) is 24.3 Å². The normalized spacial score (nSPS) is 27.8. The van der Waals surface area contributed by atoms with Crippen molar-refractivity contribution in [3.05, 3.63) is 0 Å². The summed E-state index contributed by atoms with van der Waals surface area (Å²) >= 11 is 0. The molecule has 0 amide bonds. The Balaban J connectivity index is 0.00000121. The van der Waals surface area contributed by atoms with Gasteiger partial charge in [-0.15, -0.1) is 12.4 Å². The van der Waals surface area contributed by atoms with Gasteiger partial charge in [0.05, 0.1) is 18.6 Å². The smallest absolute Gasteiger partial charge is 0.312 e. The van der Waals surface area contributed by atoms with Gasteiger partial charge in [-0.05, 0) is 6.92 Å². The topological polar surface area (TPSA) is 58.6 Å². The lowest BCUT2D eigenvalue weighted by Crippen LogP contribution is -2.28. The molecule has 4 nitrogen and oxygen atoms in total. The van der Waals surface area contributed by atoms with E-state index in [2.05, 4.69) is 5.32 Å². The second kappa shape index (κ2) is 5.35. The molecule has 2 N–H and O–H groups in total. The van der Waals surface area contributed by atoms with E-state index in [4.69, 9.17) is 4.74 Å². The van der Waals surface area contributed by atoms with E-state index in [9.17, 15) is 9.90 Å². The summed E-state index contributed by atoms with van der Waals surface area (Å²) in [6, 6.07) is 0. The molecular formula is C7H14ClNO3. The third kappa shape index (κ3) is 2.62. The van der Waals surface area contributed by atoms with Crippen molar-refractivity contribution in [2.75, 3.05) is 19.7 Å². The minimum absolute atomic E-state index is 0. The maximum Gasteiger partial charge on any atom is 0.312 e. The Morgan fingerprint density at radius 2 is 2.33 bits per heavy atom. The van der Waals surface area contributed by atoms with Gasteiger partial charge in [0.1, 0.15) is 0 Å². The fourth-order valence-corrected chi connectivity index (χ4v) is 1.15. The van der Waals surface area contributed by atoms with Crippen LogP contribution in [-0.4, -0.2) is 36.9 Å². The Labute approximate surface area is 77.7 Å². The lowest BCUT2D eigenvalue weighted by atomic mass is 10.1. The van der Waals surface area contributed by atoms with Crippen LogP contribution in [-0.2, 0) is 9.53 Å². The van der Waals surface area contributed by atoms with Crippen LogP contribution in [0.25, 0.3) is 0 Å². The molecule has 1 heterocycles. The lowest BCUT2D eigenvalue weighted by molar-refractivity contribution is -0.150. The summed E-state index contributed by atoms with van der Waals surface area (Å²) in [5.41, 5.74) is 0. The molecular weight excluding hydrogens is 182 g/mol. The molecule has 0 saturated carbocycles. The Hall–Kier alpha value is -0.320. The van der Waals surface area contributed by atoms with Crippen LogP contribution in [0.2, 0.25) is 0 Å². The number of ether oxygens (including phenoxy) is 1. The van der Waals surface area contributed by atoms with Gasteiger partial charge in [0, 0.05) is 13.1 Å². The Morgan fingerprint density at radius 1 is 1.67 bits per heavy atom. The van der Waals surface area contributed by atoms with E-state index in [1.165, 1.54) is 0 Å². The van der Waals surface area contributed by atoms with E-state index in [1.54, 1.807) is 6.92 Å². The monoisotopic (exact) mass is 195 g/mol. The number of halogens is 1. The molecule has 1 aliphatic rings. The minimum atomic E-state index is -0.575. The van der Waals surface area contributed by atoms with Gasteiger partial charge in [-0.25, -0.2) is 0 Å². The maximum absolute atomic E-state index is 11.0. The van der Waals surface area contributed by atoms with Gasteiger partial charge >= 0.3 is 5.97 Å². The molecule has 72 valence electrons. The van der Waals surface area contributed by atoms with E-state index in [0.717, 1.165) is 0 Å². The molecule has 0 bridgehead atoms. The molecule has 0 spiro atoms. The first kappa shape index (κ1) is 11.7. The highest BCUT2D eigenvalue weighted by Crippen LogP contribution is 2.10. The largest absolute Gasteiger partial charge is 0.466 e. The van der Waals surface area contributed by atoms with Crippen LogP contribution in [0.15, 0.2) is 0 Å².